The Kier molecular flexibility index (Phi) is 14.3. The Morgan fingerprint density at radius 1 is 0.292 bits per heavy atom. The molecule has 20 aromatic rings. The van der Waals surface area contributed by atoms with Crippen molar-refractivity contribution in [1.29, 1.82) is 0 Å². The molecule has 13 aromatic carbocycles. The molecule has 7 aromatic heterocycles. The number of thiophene rings is 3. The number of furan rings is 2. The maximum Gasteiger partial charge on any atom is 0.488 e. The van der Waals surface area contributed by atoms with Crippen LogP contribution in [0.25, 0.3) is 183 Å². The molecule has 0 aliphatic rings. The van der Waals surface area contributed by atoms with E-state index in [1.165, 1.54) is 82.8 Å². The summed E-state index contributed by atoms with van der Waals surface area (Å²) in [5.41, 5.74) is 19.2. The molecule has 0 bridgehead atoms. The molecule has 96 heavy (non-hydrogen) atoms. The molecule has 0 aliphatic heterocycles. The SMILES string of the molecule is Clc1ccc2nc3c(nc2c1)oc1ccc(Cl)cc13.OB(O)c1cccc(-c2cccc3c2sc2ccccc23)c1.c1cc(-c2ccc3nc4c(nc3c2)oc2ccc(-c3cccc(-c5cccc6c5sc5ccccc56)c3)cc24)cc(-c2cccc3c2sc2ccccc23)c1. The molecular weight excluding hydrogens is 1280 g/mol. The lowest BCUT2D eigenvalue weighted by Gasteiger charge is -2.08. The molecule has 0 unspecified atom stereocenters. The molecule has 0 amide bonds. The van der Waals surface area contributed by atoms with Crippen molar-refractivity contribution < 1.29 is 18.9 Å². The summed E-state index contributed by atoms with van der Waals surface area (Å²) in [6.07, 6.45) is 0. The van der Waals surface area contributed by atoms with E-state index in [-0.39, 0.29) is 0 Å². The van der Waals surface area contributed by atoms with Crippen molar-refractivity contribution in [2.45, 2.75) is 0 Å². The van der Waals surface area contributed by atoms with Crippen molar-refractivity contribution in [2.24, 2.45) is 0 Å². The number of fused-ring (bicyclic) bond motifs is 17. The van der Waals surface area contributed by atoms with Gasteiger partial charge in [0, 0.05) is 75.9 Å². The highest BCUT2D eigenvalue weighted by molar-refractivity contribution is 7.27. The van der Waals surface area contributed by atoms with Gasteiger partial charge in [0.05, 0.1) is 27.5 Å². The van der Waals surface area contributed by atoms with Crippen LogP contribution in [0.3, 0.4) is 0 Å². The van der Waals surface area contributed by atoms with E-state index in [0.717, 1.165) is 77.4 Å². The van der Waals surface area contributed by atoms with E-state index in [4.69, 9.17) is 42.0 Å². The number of halogens is 2. The first-order valence-corrected chi connectivity index (χ1v) is 34.3. The zero-order chi connectivity index (χ0) is 64.1. The van der Waals surface area contributed by atoms with Gasteiger partial charge in [-0.25, -0.2) is 19.9 Å². The number of hydrogen-bond donors (Lipinski definition) is 2. The van der Waals surface area contributed by atoms with Gasteiger partial charge in [-0.05, 0) is 152 Å². The fraction of sp³-hybridized carbons (Fsp3) is 0. The van der Waals surface area contributed by atoms with Crippen molar-refractivity contribution in [3.8, 4) is 55.6 Å². The molecule has 2 N–H and O–H groups in total. The predicted octanol–water partition coefficient (Wildman–Crippen LogP) is 23.2. The minimum absolute atomic E-state index is 0.493. The first-order valence-electron chi connectivity index (χ1n) is 31.1. The molecule has 0 spiro atoms. The average Bonchev–Trinajstić information content (AvgIpc) is 1.57. The minimum Gasteiger partial charge on any atom is -0.436 e. The van der Waals surface area contributed by atoms with Gasteiger partial charge in [0.1, 0.15) is 22.2 Å². The molecular formula is C82H47BCl2N4O4S3. The number of benzene rings is 13. The van der Waals surface area contributed by atoms with Crippen LogP contribution in [0.15, 0.2) is 282 Å². The van der Waals surface area contributed by atoms with E-state index in [1.807, 2.05) is 65.1 Å². The van der Waals surface area contributed by atoms with Gasteiger partial charge in [-0.15, -0.1) is 34.0 Å². The van der Waals surface area contributed by atoms with Crippen LogP contribution >= 0.6 is 57.2 Å². The van der Waals surface area contributed by atoms with Crippen LogP contribution in [0.5, 0.6) is 0 Å². The van der Waals surface area contributed by atoms with Crippen molar-refractivity contribution in [1.82, 2.24) is 19.9 Å². The Morgan fingerprint density at radius 2 is 0.677 bits per heavy atom. The van der Waals surface area contributed by atoms with E-state index in [0.29, 0.717) is 38.0 Å². The Bertz CT molecular complexity index is 6530. The normalized spacial score (nSPS) is 11.8. The van der Waals surface area contributed by atoms with Crippen LogP contribution in [0, 0.1) is 0 Å². The molecule has 20 rings (SSSR count). The molecule has 0 fully saturated rings. The highest BCUT2D eigenvalue weighted by atomic mass is 35.5. The molecule has 7 heterocycles. The van der Waals surface area contributed by atoms with Crippen molar-refractivity contribution in [3.05, 3.63) is 283 Å². The molecule has 0 aliphatic carbocycles. The third-order valence-electron chi connectivity index (χ3n) is 17.8. The molecule has 454 valence electrons. The van der Waals surface area contributed by atoms with Gasteiger partial charge in [-0.1, -0.05) is 205 Å². The van der Waals surface area contributed by atoms with E-state index in [9.17, 15) is 10.0 Å². The van der Waals surface area contributed by atoms with E-state index >= 15 is 0 Å². The maximum absolute atomic E-state index is 9.38. The smallest absolute Gasteiger partial charge is 0.436 e. The lowest BCUT2D eigenvalue weighted by Crippen LogP contribution is -2.29. The summed E-state index contributed by atoms with van der Waals surface area (Å²) in [5.74, 6) is 0. The van der Waals surface area contributed by atoms with E-state index in [1.54, 1.807) is 35.6 Å². The average molecular weight is 1330 g/mol. The molecule has 0 radical (unpaired) electrons. The van der Waals surface area contributed by atoms with Crippen molar-refractivity contribution >= 4 is 197 Å². The minimum atomic E-state index is -1.44. The Balaban J connectivity index is 0.000000133. The summed E-state index contributed by atoms with van der Waals surface area (Å²) in [4.78, 5) is 19.2. The van der Waals surface area contributed by atoms with Gasteiger partial charge in [-0.3, -0.25) is 0 Å². The molecule has 0 atom stereocenters. The topological polar surface area (TPSA) is 118 Å². The van der Waals surface area contributed by atoms with Gasteiger partial charge >= 0.3 is 7.12 Å². The van der Waals surface area contributed by atoms with Gasteiger partial charge in [0.2, 0.25) is 11.4 Å². The Hall–Kier alpha value is -10.6. The number of hydrogen-bond acceptors (Lipinski definition) is 11. The summed E-state index contributed by atoms with van der Waals surface area (Å²) < 4.78 is 19.8. The van der Waals surface area contributed by atoms with Gasteiger partial charge in [0.15, 0.2) is 0 Å². The molecule has 14 heteroatoms. The third-order valence-corrected chi connectivity index (χ3v) is 21.9. The second kappa shape index (κ2) is 23.7. The second-order valence-electron chi connectivity index (χ2n) is 23.6. The summed E-state index contributed by atoms with van der Waals surface area (Å²) in [6, 6.07) is 93.9. The number of nitrogens with zero attached hydrogens (tertiary/aromatic N) is 4. The molecule has 0 saturated heterocycles. The van der Waals surface area contributed by atoms with E-state index < -0.39 is 7.12 Å². The third kappa shape index (κ3) is 10.3. The fourth-order valence-electron chi connectivity index (χ4n) is 13.2. The lowest BCUT2D eigenvalue weighted by atomic mass is 9.79. The zero-order valence-corrected chi connectivity index (χ0v) is 54.5. The zero-order valence-electron chi connectivity index (χ0n) is 50.5. The van der Waals surface area contributed by atoms with Crippen LogP contribution < -0.4 is 5.46 Å². The number of rotatable bonds is 6. The molecule has 0 saturated carbocycles. The standard InChI is InChI=1S/C50H28N2OS2.C18H13BO2S.C14H6Cl2N2O/c1-3-19-45-37(13-1)39-17-7-15-35(48(39)54-45)33-11-5-9-29(25-33)31-22-24-44-41(27-31)47-50(53-44)52-43-28-32(21-23-42(43)51-47)30-10-6-12-34(26-30)36-16-8-18-40-38-14-2-4-20-46(38)55-49(36)40;20-19(21)13-6-3-5-12(11-13)14-8-4-9-16-15-7-1-2-10-17(15)22-18(14)16;15-7-2-4-12-9(5-7)13-14(19-12)18-11-6-8(16)1-3-10(11)17-13/h1-28H;1-11,20-21H;1-6H. The Morgan fingerprint density at radius 3 is 1.21 bits per heavy atom. The van der Waals surface area contributed by atoms with Gasteiger partial charge in [0.25, 0.3) is 0 Å². The fourth-order valence-corrected chi connectivity index (χ4v) is 17.3. The number of aromatic nitrogens is 4. The van der Waals surface area contributed by atoms with Crippen molar-refractivity contribution in [2.75, 3.05) is 0 Å². The largest absolute Gasteiger partial charge is 0.488 e. The van der Waals surface area contributed by atoms with Gasteiger partial charge < -0.3 is 18.9 Å². The van der Waals surface area contributed by atoms with Crippen LogP contribution in [0.2, 0.25) is 10.0 Å². The predicted molar refractivity (Wildman–Crippen MR) is 406 cm³/mol. The first-order chi connectivity index (χ1) is 47.2. The van der Waals surface area contributed by atoms with Gasteiger partial charge in [-0.2, -0.15) is 0 Å². The van der Waals surface area contributed by atoms with Crippen LogP contribution in [-0.2, 0) is 0 Å². The highest BCUT2D eigenvalue weighted by Crippen LogP contribution is 2.45. The monoisotopic (exact) mass is 1330 g/mol. The van der Waals surface area contributed by atoms with Crippen molar-refractivity contribution in [3.63, 3.8) is 0 Å². The van der Waals surface area contributed by atoms with Crippen LogP contribution in [0.1, 0.15) is 0 Å². The van der Waals surface area contributed by atoms with Crippen LogP contribution in [0.4, 0.5) is 0 Å². The summed E-state index contributed by atoms with van der Waals surface area (Å²) in [6.45, 7) is 0. The maximum atomic E-state index is 9.38. The second-order valence-corrected chi connectivity index (χ2v) is 27.7. The van der Waals surface area contributed by atoms with E-state index in [2.05, 4.69) is 216 Å². The summed E-state index contributed by atoms with van der Waals surface area (Å²) in [5, 5.41) is 29.6. The summed E-state index contributed by atoms with van der Waals surface area (Å²) in [7, 11) is -1.44. The summed E-state index contributed by atoms with van der Waals surface area (Å²) >= 11 is 17.5. The quantitative estimate of drug-likeness (QED) is 0.158. The molecule has 8 nitrogen and oxygen atoms in total. The Labute approximate surface area is 569 Å². The lowest BCUT2D eigenvalue weighted by molar-refractivity contribution is 0.426. The highest BCUT2D eigenvalue weighted by Gasteiger charge is 2.19. The first kappa shape index (κ1) is 58.0. The van der Waals surface area contributed by atoms with Crippen LogP contribution in [-0.4, -0.2) is 37.1 Å².